The molecule has 2 N–H and O–H groups in total. The van der Waals surface area contributed by atoms with E-state index in [1.54, 1.807) is 6.33 Å². The Bertz CT molecular complexity index is 708. The van der Waals surface area contributed by atoms with E-state index in [2.05, 4.69) is 40.6 Å². The molecule has 3 rings (SSSR count). The maximum atomic E-state index is 6.06. The number of nitrogens with zero attached hydrogens (tertiary/aromatic N) is 4. The molecule has 5 nitrogen and oxygen atoms in total. The van der Waals surface area contributed by atoms with Gasteiger partial charge < -0.3 is 10.3 Å². The first-order chi connectivity index (χ1) is 9.16. The van der Waals surface area contributed by atoms with Crippen molar-refractivity contribution >= 4 is 16.6 Å². The second kappa shape index (κ2) is 4.42. The fourth-order valence-electron chi connectivity index (χ4n) is 2.39. The van der Waals surface area contributed by atoms with Crippen molar-refractivity contribution in [1.82, 2.24) is 19.3 Å². The van der Waals surface area contributed by atoms with Crippen molar-refractivity contribution in [2.45, 2.75) is 26.4 Å². The zero-order valence-electron chi connectivity index (χ0n) is 11.1. The predicted molar refractivity (Wildman–Crippen MR) is 75.9 cm³/mol. The Morgan fingerprint density at radius 3 is 2.89 bits per heavy atom. The molecule has 0 aliphatic carbocycles. The molecule has 0 amide bonds. The van der Waals surface area contributed by atoms with Gasteiger partial charge in [0.2, 0.25) is 0 Å². The molecule has 0 spiro atoms. The van der Waals surface area contributed by atoms with Crippen LogP contribution in [0.5, 0.6) is 0 Å². The molecule has 5 heteroatoms. The van der Waals surface area contributed by atoms with Gasteiger partial charge in [-0.3, -0.25) is 0 Å². The van der Waals surface area contributed by atoms with Crippen molar-refractivity contribution in [2.75, 3.05) is 5.73 Å². The largest absolute Gasteiger partial charge is 0.397 e. The molecular weight excluding hydrogens is 238 g/mol. The fourth-order valence-corrected chi connectivity index (χ4v) is 2.39. The summed E-state index contributed by atoms with van der Waals surface area (Å²) in [6, 6.07) is 8.33. The van der Waals surface area contributed by atoms with Crippen LogP contribution in [0.15, 0.2) is 36.8 Å². The molecule has 3 aromatic rings. The van der Waals surface area contributed by atoms with Crippen molar-refractivity contribution in [1.29, 1.82) is 0 Å². The summed E-state index contributed by atoms with van der Waals surface area (Å²) in [5.41, 5.74) is 7.91. The van der Waals surface area contributed by atoms with Crippen LogP contribution in [-0.2, 0) is 6.54 Å². The van der Waals surface area contributed by atoms with E-state index in [0.717, 1.165) is 22.4 Å². The number of nitrogens with two attached hydrogens (primary N) is 1. The number of anilines is 1. The summed E-state index contributed by atoms with van der Waals surface area (Å²) < 4.78 is 4.05. The second-order valence-corrected chi connectivity index (χ2v) is 4.94. The van der Waals surface area contributed by atoms with Crippen molar-refractivity contribution in [3.8, 4) is 0 Å². The second-order valence-electron chi connectivity index (χ2n) is 4.94. The summed E-state index contributed by atoms with van der Waals surface area (Å²) in [7, 11) is 0. The van der Waals surface area contributed by atoms with Crippen LogP contribution in [0.1, 0.15) is 25.7 Å². The molecular formula is C14H17N5. The van der Waals surface area contributed by atoms with Crippen LogP contribution in [0, 0.1) is 0 Å². The third-order valence-electron chi connectivity index (χ3n) is 3.27. The first-order valence-electron chi connectivity index (χ1n) is 6.38. The van der Waals surface area contributed by atoms with Gasteiger partial charge in [0.05, 0.1) is 17.7 Å². The first kappa shape index (κ1) is 11.8. The number of hydrogen-bond donors (Lipinski definition) is 1. The molecule has 0 fully saturated rings. The third kappa shape index (κ3) is 1.97. The van der Waals surface area contributed by atoms with Gasteiger partial charge in [0.15, 0.2) is 0 Å². The van der Waals surface area contributed by atoms with Gasteiger partial charge >= 0.3 is 0 Å². The molecule has 1 aromatic carbocycles. The number of rotatable bonds is 3. The van der Waals surface area contributed by atoms with Crippen molar-refractivity contribution in [3.05, 3.63) is 42.6 Å². The molecule has 0 atom stereocenters. The maximum absolute atomic E-state index is 6.06. The van der Waals surface area contributed by atoms with Crippen LogP contribution in [0.2, 0.25) is 0 Å². The van der Waals surface area contributed by atoms with Gasteiger partial charge in [-0.1, -0.05) is 12.1 Å². The van der Waals surface area contributed by atoms with Crippen LogP contribution in [-0.4, -0.2) is 19.3 Å². The van der Waals surface area contributed by atoms with Crippen LogP contribution in [0.3, 0.4) is 0 Å². The standard InChI is InChI=1S/C14H17N5/c1-10(2)19-13(16-9-17-19)8-18-7-6-11-4-3-5-12(15)14(11)18/h3-7,9-10H,8,15H2,1-2H3. The number of nitrogen functional groups attached to an aromatic ring is 1. The van der Waals surface area contributed by atoms with E-state index in [0.29, 0.717) is 12.6 Å². The SMILES string of the molecule is CC(C)n1ncnc1Cn1ccc2cccc(N)c21. The third-order valence-corrected chi connectivity index (χ3v) is 3.27. The summed E-state index contributed by atoms with van der Waals surface area (Å²) in [5.74, 6) is 0.941. The molecule has 0 aliphatic heterocycles. The molecule has 19 heavy (non-hydrogen) atoms. The average Bonchev–Trinajstić information content (AvgIpc) is 2.98. The number of hydrogen-bond acceptors (Lipinski definition) is 3. The topological polar surface area (TPSA) is 61.7 Å². The lowest BCUT2D eigenvalue weighted by Gasteiger charge is -2.11. The van der Waals surface area contributed by atoms with Gasteiger partial charge in [0, 0.05) is 17.6 Å². The van der Waals surface area contributed by atoms with E-state index >= 15 is 0 Å². The highest BCUT2D eigenvalue weighted by molar-refractivity contribution is 5.90. The molecule has 0 aliphatic rings. The lowest BCUT2D eigenvalue weighted by Crippen LogP contribution is -2.11. The summed E-state index contributed by atoms with van der Waals surface area (Å²) in [4.78, 5) is 4.34. The molecule has 0 saturated heterocycles. The molecule has 2 aromatic heterocycles. The molecule has 0 radical (unpaired) electrons. The maximum Gasteiger partial charge on any atom is 0.147 e. The van der Waals surface area contributed by atoms with Gasteiger partial charge in [-0.25, -0.2) is 9.67 Å². The van der Waals surface area contributed by atoms with Gasteiger partial charge in [-0.05, 0) is 26.0 Å². The zero-order valence-corrected chi connectivity index (χ0v) is 11.1. The normalized spacial score (nSPS) is 11.5. The Balaban J connectivity index is 2.04. The molecule has 0 saturated carbocycles. The minimum absolute atomic E-state index is 0.302. The summed E-state index contributed by atoms with van der Waals surface area (Å²) in [5, 5.41) is 5.41. The smallest absolute Gasteiger partial charge is 0.147 e. The molecule has 0 unspecified atom stereocenters. The summed E-state index contributed by atoms with van der Waals surface area (Å²) in [6.07, 6.45) is 3.64. The lowest BCUT2D eigenvalue weighted by atomic mass is 10.2. The Hall–Kier alpha value is -2.30. The van der Waals surface area contributed by atoms with E-state index in [1.165, 1.54) is 0 Å². The van der Waals surface area contributed by atoms with Gasteiger partial charge in [-0.2, -0.15) is 5.10 Å². The lowest BCUT2D eigenvalue weighted by molar-refractivity contribution is 0.498. The van der Waals surface area contributed by atoms with E-state index in [9.17, 15) is 0 Å². The van der Waals surface area contributed by atoms with Crippen LogP contribution in [0.25, 0.3) is 10.9 Å². The minimum Gasteiger partial charge on any atom is -0.397 e. The number of benzene rings is 1. The minimum atomic E-state index is 0.302. The van der Waals surface area contributed by atoms with Gasteiger partial charge in [0.25, 0.3) is 0 Å². The Morgan fingerprint density at radius 1 is 1.26 bits per heavy atom. The van der Waals surface area contributed by atoms with E-state index in [-0.39, 0.29) is 0 Å². The Morgan fingerprint density at radius 2 is 2.11 bits per heavy atom. The van der Waals surface area contributed by atoms with Crippen molar-refractivity contribution < 1.29 is 0 Å². The Labute approximate surface area is 111 Å². The number of fused-ring (bicyclic) bond motifs is 1. The highest BCUT2D eigenvalue weighted by atomic mass is 15.4. The Kier molecular flexibility index (Phi) is 2.74. The highest BCUT2D eigenvalue weighted by Crippen LogP contribution is 2.23. The van der Waals surface area contributed by atoms with Crippen LogP contribution >= 0.6 is 0 Å². The van der Waals surface area contributed by atoms with Crippen molar-refractivity contribution in [3.63, 3.8) is 0 Å². The van der Waals surface area contributed by atoms with Crippen molar-refractivity contribution in [2.24, 2.45) is 0 Å². The van der Waals surface area contributed by atoms with Crippen LogP contribution in [0.4, 0.5) is 5.69 Å². The van der Waals surface area contributed by atoms with Gasteiger partial charge in [0.1, 0.15) is 12.2 Å². The highest BCUT2D eigenvalue weighted by Gasteiger charge is 2.10. The number of aromatic nitrogens is 4. The molecule has 0 bridgehead atoms. The zero-order chi connectivity index (χ0) is 13.4. The van der Waals surface area contributed by atoms with Gasteiger partial charge in [-0.15, -0.1) is 0 Å². The van der Waals surface area contributed by atoms with Crippen LogP contribution < -0.4 is 5.73 Å². The summed E-state index contributed by atoms with van der Waals surface area (Å²) in [6.45, 7) is 4.87. The average molecular weight is 255 g/mol. The van der Waals surface area contributed by atoms with E-state index in [1.807, 2.05) is 23.0 Å². The van der Waals surface area contributed by atoms with E-state index < -0.39 is 0 Å². The monoisotopic (exact) mass is 255 g/mol. The van der Waals surface area contributed by atoms with E-state index in [4.69, 9.17) is 5.73 Å². The molecule has 98 valence electrons. The fraction of sp³-hybridized carbons (Fsp3) is 0.286. The summed E-state index contributed by atoms with van der Waals surface area (Å²) >= 11 is 0. The molecule has 2 heterocycles. The quantitative estimate of drug-likeness (QED) is 0.731. The predicted octanol–water partition coefficient (Wildman–Crippen LogP) is 2.44. The first-order valence-corrected chi connectivity index (χ1v) is 6.38. The number of para-hydroxylation sites is 1.